The summed E-state index contributed by atoms with van der Waals surface area (Å²) in [5.41, 5.74) is 13.8. The second kappa shape index (κ2) is 22.7. The summed E-state index contributed by atoms with van der Waals surface area (Å²) in [6.45, 7) is 21.0. The first-order chi connectivity index (χ1) is 42.2. The van der Waals surface area contributed by atoms with Gasteiger partial charge in [-0.1, -0.05) is 76.1 Å². The van der Waals surface area contributed by atoms with Crippen LogP contribution in [0, 0.1) is 51.8 Å². The van der Waals surface area contributed by atoms with Crippen LogP contribution in [0.15, 0.2) is 112 Å². The Morgan fingerprint density at radius 3 is 2.00 bits per heavy atom. The molecule has 0 radical (unpaired) electrons. The predicted octanol–water partition coefficient (Wildman–Crippen LogP) is 16.9. The lowest BCUT2D eigenvalue weighted by Gasteiger charge is -2.50. The molecular weight excluding hydrogens is 1110 g/mol. The molecular formula is C77H98O10Si. The van der Waals surface area contributed by atoms with Gasteiger partial charge in [-0.3, -0.25) is 19.2 Å². The Balaban J connectivity index is 0.000000116. The van der Waals surface area contributed by atoms with Crippen LogP contribution < -0.4 is 9.47 Å². The average molecular weight is 1210 g/mol. The van der Waals surface area contributed by atoms with E-state index in [0.29, 0.717) is 72.1 Å². The molecule has 7 fully saturated rings. The number of hydrogen-bond acceptors (Lipinski definition) is 10. The van der Waals surface area contributed by atoms with Gasteiger partial charge < -0.3 is 28.1 Å². The van der Waals surface area contributed by atoms with E-state index in [0.717, 1.165) is 166 Å². The van der Waals surface area contributed by atoms with Gasteiger partial charge in [-0.25, -0.2) is 0 Å². The summed E-state index contributed by atoms with van der Waals surface area (Å²) >= 11 is 0. The van der Waals surface area contributed by atoms with Crippen LogP contribution >= 0.6 is 0 Å². The molecule has 10 nitrogen and oxygen atoms in total. The first-order valence-corrected chi connectivity index (χ1v) is 38.2. The number of carbonyl (C=O) groups excluding carboxylic acids is 4. The summed E-state index contributed by atoms with van der Waals surface area (Å²) in [5, 5.41) is 0. The Labute approximate surface area is 525 Å². The Hall–Kier alpha value is -4.94. The highest BCUT2D eigenvalue weighted by Gasteiger charge is 2.79. The van der Waals surface area contributed by atoms with Gasteiger partial charge in [0.05, 0.1) is 32.2 Å². The first-order valence-electron chi connectivity index (χ1n) is 34.8. The topological polar surface area (TPSA) is 127 Å². The van der Waals surface area contributed by atoms with E-state index in [2.05, 4.69) is 115 Å². The van der Waals surface area contributed by atoms with Gasteiger partial charge in [0.15, 0.2) is 11.6 Å². The van der Waals surface area contributed by atoms with Gasteiger partial charge in [-0.05, 0) is 245 Å². The van der Waals surface area contributed by atoms with Crippen molar-refractivity contribution < 1.29 is 47.3 Å². The molecule has 16 rings (SSSR count). The van der Waals surface area contributed by atoms with Crippen molar-refractivity contribution in [2.24, 2.45) is 51.8 Å². The number of rotatable bonds is 10. The summed E-state index contributed by atoms with van der Waals surface area (Å²) in [4.78, 5) is 50.2. The standard InChI is InChI=1S/2C27H32O3.C23H34O4Si/c2*1-3-14-30-20-8-4-17(5-9-20)23-16-27(2)24(12-13-25(27)29)22-10-6-18-15-19(28)7-11-21(18)26(22)23;1-20-9-8-18-16(17(20)5-6-19(20)26-28(2,3)4)7-10-21-15-22(24-13-14-25-22)11-12-23(18,21)27-21/h4-5,8-9,22,24H,3,6-7,10-16H2,1-2H3;4-5,8-9,15,22-24H,3,6-7,10-14,16H2,1-2H3;6,8,16-17H,5,7,9-15H2,1-4H3/t22?,24?,27-;22?,23-,24?,27-;16?,17?,20-,21-,23-/m000/s1. The van der Waals surface area contributed by atoms with Crippen LogP contribution in [0.25, 0.3) is 5.57 Å². The SMILES string of the molecule is CCCOc1ccc(C2=C3C4=C(CCC3C3CCC(=O)[C@@]3(C)C2)CC(=O)CC4)cc1.CCCOc1ccc([C@@H]2C[C@]3(C)C(=O)CCC3C3CCC4=CC(=O)CCC4=C32)cc1.C[C@]12CC=C3C(CC[C@]45CC6(CC[C@]34O5)OCCO6)C1CC=C2O[Si](C)(C)C. The number of Topliss-reactive ketones (excluding diaryl/α,β-unsaturated/α-hetero) is 3. The maximum Gasteiger partial charge on any atom is 0.241 e. The third-order valence-electron chi connectivity index (χ3n) is 24.9. The second-order valence-electron chi connectivity index (χ2n) is 31.0. The minimum Gasteiger partial charge on any atom is -0.547 e. The van der Waals surface area contributed by atoms with Crippen molar-refractivity contribution in [1.82, 2.24) is 0 Å². The van der Waals surface area contributed by atoms with Crippen molar-refractivity contribution in [3.63, 3.8) is 0 Å². The normalized spacial score (nSPS) is 37.1. The molecule has 0 bridgehead atoms. The van der Waals surface area contributed by atoms with E-state index in [1.165, 1.54) is 56.7 Å². The smallest absolute Gasteiger partial charge is 0.241 e. The van der Waals surface area contributed by atoms with Gasteiger partial charge in [0.2, 0.25) is 8.32 Å². The van der Waals surface area contributed by atoms with E-state index >= 15 is 0 Å². The van der Waals surface area contributed by atoms with Crippen molar-refractivity contribution in [3.8, 4) is 11.5 Å². The zero-order chi connectivity index (χ0) is 61.2. The molecule has 1 spiro atoms. The molecule has 2 aromatic carbocycles. The van der Waals surface area contributed by atoms with Gasteiger partial charge in [0.1, 0.15) is 40.1 Å². The number of fused-ring (bicyclic) bond motifs is 11. The summed E-state index contributed by atoms with van der Waals surface area (Å²) in [6, 6.07) is 17.1. The summed E-state index contributed by atoms with van der Waals surface area (Å²) in [5.74, 6) is 7.80. The van der Waals surface area contributed by atoms with Crippen LogP contribution in [0.1, 0.15) is 206 Å². The quantitative estimate of drug-likeness (QED) is 0.129. The van der Waals surface area contributed by atoms with Gasteiger partial charge in [-0.15, -0.1) is 0 Å². The van der Waals surface area contributed by atoms with Crippen LogP contribution in [0.2, 0.25) is 19.6 Å². The molecule has 0 N–H and O–H groups in total. The lowest BCUT2D eigenvalue weighted by atomic mass is 9.53. The van der Waals surface area contributed by atoms with E-state index < -0.39 is 8.32 Å². The molecule has 14 aliphatic rings. The zero-order valence-corrected chi connectivity index (χ0v) is 55.3. The molecule has 11 heteroatoms. The van der Waals surface area contributed by atoms with Crippen molar-refractivity contribution in [2.75, 3.05) is 26.4 Å². The van der Waals surface area contributed by atoms with E-state index in [1.807, 2.05) is 6.08 Å². The Morgan fingerprint density at radius 2 is 1.30 bits per heavy atom. The molecule has 0 aromatic heterocycles. The van der Waals surface area contributed by atoms with Crippen LogP contribution in [-0.2, 0) is 37.8 Å². The highest BCUT2D eigenvalue weighted by atomic mass is 28.4. The maximum absolute atomic E-state index is 13.0. The Kier molecular flexibility index (Phi) is 15.6. The number of ketones is 4. The molecule has 0 amide bonds. The largest absolute Gasteiger partial charge is 0.547 e. The molecule has 5 saturated carbocycles. The third kappa shape index (κ3) is 10.2. The number of carbonyl (C=O) groups is 4. The van der Waals surface area contributed by atoms with E-state index in [4.69, 9.17) is 28.1 Å². The van der Waals surface area contributed by atoms with Crippen molar-refractivity contribution >= 4 is 37.0 Å². The molecule has 2 aliphatic heterocycles. The lowest BCUT2D eigenvalue weighted by Crippen LogP contribution is -2.51. The average Bonchev–Trinajstić information content (AvgIpc) is 1.48. The van der Waals surface area contributed by atoms with Gasteiger partial charge >= 0.3 is 0 Å². The zero-order valence-electron chi connectivity index (χ0n) is 54.3. The highest BCUT2D eigenvalue weighted by molar-refractivity contribution is 6.70. The number of epoxide rings is 1. The molecule has 12 aliphatic carbocycles. The highest BCUT2D eigenvalue weighted by Crippen LogP contribution is 2.74. The minimum atomic E-state index is -1.58. The first kappa shape index (κ1) is 60.6. The number of allylic oxidation sites excluding steroid dienone is 11. The fourth-order valence-electron chi connectivity index (χ4n) is 20.7. The van der Waals surface area contributed by atoms with Crippen LogP contribution in [0.5, 0.6) is 11.5 Å². The molecule has 88 heavy (non-hydrogen) atoms. The molecule has 2 aromatic rings. The minimum absolute atomic E-state index is 0.0137. The van der Waals surface area contributed by atoms with Crippen molar-refractivity contribution in [1.29, 1.82) is 0 Å². The summed E-state index contributed by atoms with van der Waals surface area (Å²) in [6.07, 6.45) is 29.7. The Morgan fingerprint density at radius 1 is 0.625 bits per heavy atom. The number of hydrogen-bond donors (Lipinski definition) is 0. The fraction of sp³-hybridized carbons (Fsp3) is 0.636. The molecule has 2 saturated heterocycles. The van der Waals surface area contributed by atoms with Crippen molar-refractivity contribution in [3.05, 3.63) is 123 Å². The molecule has 6 unspecified atom stereocenters. The fourth-order valence-corrected chi connectivity index (χ4v) is 21.7. The van der Waals surface area contributed by atoms with Crippen LogP contribution in [0.4, 0.5) is 0 Å². The van der Waals surface area contributed by atoms with Gasteiger partial charge in [0.25, 0.3) is 0 Å². The Bertz CT molecular complexity index is 3360. The van der Waals surface area contributed by atoms with Crippen LogP contribution in [-0.4, -0.2) is 74.9 Å². The van der Waals surface area contributed by atoms with Crippen molar-refractivity contribution in [2.45, 2.75) is 231 Å². The molecule has 470 valence electrons. The van der Waals surface area contributed by atoms with Gasteiger partial charge in [0, 0.05) is 67.1 Å². The third-order valence-corrected chi connectivity index (χ3v) is 25.7. The van der Waals surface area contributed by atoms with Gasteiger partial charge in [-0.2, -0.15) is 0 Å². The number of ether oxygens (including phenoxy) is 5. The summed E-state index contributed by atoms with van der Waals surface area (Å²) < 4.78 is 37.0. The predicted molar refractivity (Wildman–Crippen MR) is 345 cm³/mol. The van der Waals surface area contributed by atoms with Crippen LogP contribution in [0.3, 0.4) is 0 Å². The van der Waals surface area contributed by atoms with E-state index in [1.54, 1.807) is 11.1 Å². The lowest BCUT2D eigenvalue weighted by molar-refractivity contribution is -0.185. The second-order valence-corrected chi connectivity index (χ2v) is 35.4. The monoisotopic (exact) mass is 1210 g/mol. The number of benzene rings is 2. The van der Waals surface area contributed by atoms with E-state index in [-0.39, 0.29) is 44.9 Å². The maximum atomic E-state index is 13.0. The molecule has 2 heterocycles. The summed E-state index contributed by atoms with van der Waals surface area (Å²) in [7, 11) is -1.58. The van der Waals surface area contributed by atoms with E-state index in [9.17, 15) is 19.2 Å². The molecule has 12 atom stereocenters.